The Morgan fingerprint density at radius 1 is 1.53 bits per heavy atom. The Kier molecular flexibility index (Phi) is 5.22. The smallest absolute Gasteiger partial charge is 0.227 e. The lowest BCUT2D eigenvalue weighted by atomic mass is 9.80. The summed E-state index contributed by atoms with van der Waals surface area (Å²) in [7, 11) is 0. The van der Waals surface area contributed by atoms with E-state index < -0.39 is 0 Å². The molecular formula is C14H21ClN2OS. The van der Waals surface area contributed by atoms with Crippen molar-refractivity contribution in [1.82, 2.24) is 10.3 Å². The van der Waals surface area contributed by atoms with Crippen LogP contribution in [0.4, 0.5) is 0 Å². The molecule has 0 aromatic carbocycles. The van der Waals surface area contributed by atoms with Crippen molar-refractivity contribution in [1.29, 1.82) is 0 Å². The quantitative estimate of drug-likeness (QED) is 0.866. The topological polar surface area (TPSA) is 42.0 Å². The van der Waals surface area contributed by atoms with E-state index in [9.17, 15) is 4.79 Å². The van der Waals surface area contributed by atoms with Gasteiger partial charge in [-0.1, -0.05) is 13.8 Å². The van der Waals surface area contributed by atoms with E-state index in [2.05, 4.69) is 24.1 Å². The number of thiazole rings is 1. The van der Waals surface area contributed by atoms with Crippen LogP contribution in [-0.4, -0.2) is 16.9 Å². The number of halogens is 1. The zero-order valence-electron chi connectivity index (χ0n) is 11.5. The van der Waals surface area contributed by atoms with Crippen LogP contribution in [0.2, 0.25) is 0 Å². The fourth-order valence-electron chi connectivity index (χ4n) is 2.77. The van der Waals surface area contributed by atoms with Crippen molar-refractivity contribution < 1.29 is 4.79 Å². The molecule has 0 spiro atoms. The Labute approximate surface area is 123 Å². The van der Waals surface area contributed by atoms with Crippen LogP contribution < -0.4 is 5.32 Å². The third-order valence-corrected chi connectivity index (χ3v) is 5.00. The number of nitrogens with zero attached hydrogens (tertiary/aromatic N) is 1. The van der Waals surface area contributed by atoms with E-state index >= 15 is 0 Å². The van der Waals surface area contributed by atoms with Gasteiger partial charge in [0.1, 0.15) is 5.01 Å². The molecule has 2 rings (SSSR count). The molecule has 1 saturated carbocycles. The van der Waals surface area contributed by atoms with Crippen molar-refractivity contribution in [3.63, 3.8) is 0 Å². The number of nitrogens with one attached hydrogen (secondary N) is 1. The molecule has 1 fully saturated rings. The fourth-order valence-corrected chi connectivity index (χ4v) is 3.79. The first kappa shape index (κ1) is 14.8. The average molecular weight is 301 g/mol. The standard InChI is InChI=1S/C14H21ClN2OS/c1-9-3-4-12(10(2)5-9)17-13(18)6-14-16-11(7-15)8-19-14/h8-10,12H,3-7H2,1-2H3,(H,17,18). The Bertz CT molecular complexity index is 435. The summed E-state index contributed by atoms with van der Waals surface area (Å²) in [5.74, 6) is 1.85. The number of rotatable bonds is 4. The average Bonchev–Trinajstić information content (AvgIpc) is 2.80. The largest absolute Gasteiger partial charge is 0.353 e. The van der Waals surface area contributed by atoms with Crippen molar-refractivity contribution in [2.24, 2.45) is 11.8 Å². The molecule has 19 heavy (non-hydrogen) atoms. The second kappa shape index (κ2) is 6.71. The third-order valence-electron chi connectivity index (χ3n) is 3.83. The highest BCUT2D eigenvalue weighted by molar-refractivity contribution is 7.09. The molecule has 1 aliphatic rings. The van der Waals surface area contributed by atoms with E-state index in [0.717, 1.165) is 23.0 Å². The lowest BCUT2D eigenvalue weighted by Crippen LogP contribution is -2.43. The van der Waals surface area contributed by atoms with E-state index in [4.69, 9.17) is 11.6 Å². The first-order valence-electron chi connectivity index (χ1n) is 6.87. The van der Waals surface area contributed by atoms with Crippen LogP contribution in [0, 0.1) is 11.8 Å². The highest BCUT2D eigenvalue weighted by Gasteiger charge is 2.26. The molecule has 0 saturated heterocycles. The van der Waals surface area contributed by atoms with Crippen molar-refractivity contribution in [3.8, 4) is 0 Å². The summed E-state index contributed by atoms with van der Waals surface area (Å²) in [5, 5.41) is 5.93. The van der Waals surface area contributed by atoms with Gasteiger partial charge in [-0.3, -0.25) is 4.79 Å². The van der Waals surface area contributed by atoms with E-state index in [1.165, 1.54) is 24.2 Å². The molecule has 5 heteroatoms. The van der Waals surface area contributed by atoms with E-state index in [-0.39, 0.29) is 5.91 Å². The molecule has 1 N–H and O–H groups in total. The van der Waals surface area contributed by atoms with Crippen LogP contribution in [0.3, 0.4) is 0 Å². The molecule has 106 valence electrons. The molecule has 0 bridgehead atoms. The van der Waals surface area contributed by atoms with Gasteiger partial charge in [-0.05, 0) is 31.1 Å². The monoisotopic (exact) mass is 300 g/mol. The predicted octanol–water partition coefficient (Wildman–Crippen LogP) is 3.37. The van der Waals surface area contributed by atoms with Gasteiger partial charge >= 0.3 is 0 Å². The Morgan fingerprint density at radius 2 is 2.32 bits per heavy atom. The van der Waals surface area contributed by atoms with Gasteiger partial charge in [0.15, 0.2) is 0 Å². The van der Waals surface area contributed by atoms with Gasteiger partial charge in [-0.25, -0.2) is 4.98 Å². The minimum absolute atomic E-state index is 0.0851. The fraction of sp³-hybridized carbons (Fsp3) is 0.714. The predicted molar refractivity (Wildman–Crippen MR) is 79.5 cm³/mol. The normalized spacial score (nSPS) is 27.2. The maximum atomic E-state index is 12.0. The van der Waals surface area contributed by atoms with Crippen molar-refractivity contribution in [3.05, 3.63) is 16.1 Å². The lowest BCUT2D eigenvalue weighted by molar-refractivity contribution is -0.121. The number of aromatic nitrogens is 1. The molecule has 1 aromatic rings. The number of carbonyl (C=O) groups excluding carboxylic acids is 1. The minimum Gasteiger partial charge on any atom is -0.353 e. The third kappa shape index (κ3) is 4.18. The number of carbonyl (C=O) groups is 1. The summed E-state index contributed by atoms with van der Waals surface area (Å²) in [6.07, 6.45) is 3.89. The molecule has 3 nitrogen and oxygen atoms in total. The Morgan fingerprint density at radius 3 is 2.95 bits per heavy atom. The number of amides is 1. The summed E-state index contributed by atoms with van der Waals surface area (Å²) in [6, 6.07) is 0.330. The van der Waals surface area contributed by atoms with Crippen LogP contribution >= 0.6 is 22.9 Å². The van der Waals surface area contributed by atoms with Crippen molar-refractivity contribution in [2.45, 2.75) is 51.5 Å². The molecule has 3 unspecified atom stereocenters. The molecule has 1 aliphatic carbocycles. The van der Waals surface area contributed by atoms with Crippen LogP contribution in [-0.2, 0) is 17.1 Å². The van der Waals surface area contributed by atoms with Gasteiger partial charge in [0.2, 0.25) is 5.91 Å². The van der Waals surface area contributed by atoms with Crippen LogP contribution in [0.25, 0.3) is 0 Å². The highest BCUT2D eigenvalue weighted by atomic mass is 35.5. The van der Waals surface area contributed by atoms with E-state index in [1.54, 1.807) is 0 Å². The van der Waals surface area contributed by atoms with Crippen molar-refractivity contribution in [2.75, 3.05) is 0 Å². The number of hydrogen-bond acceptors (Lipinski definition) is 3. The first-order valence-corrected chi connectivity index (χ1v) is 8.28. The zero-order valence-corrected chi connectivity index (χ0v) is 13.1. The minimum atomic E-state index is 0.0851. The van der Waals surface area contributed by atoms with Crippen LogP contribution in [0.5, 0.6) is 0 Å². The maximum Gasteiger partial charge on any atom is 0.227 e. The molecule has 1 amide bonds. The highest BCUT2D eigenvalue weighted by Crippen LogP contribution is 2.28. The van der Waals surface area contributed by atoms with Gasteiger partial charge in [0, 0.05) is 11.4 Å². The summed E-state index contributed by atoms with van der Waals surface area (Å²) < 4.78 is 0. The zero-order chi connectivity index (χ0) is 13.8. The maximum absolute atomic E-state index is 12.0. The van der Waals surface area contributed by atoms with Crippen LogP contribution in [0.1, 0.15) is 43.8 Å². The summed E-state index contributed by atoms with van der Waals surface area (Å²) in [4.78, 5) is 16.3. The summed E-state index contributed by atoms with van der Waals surface area (Å²) >= 11 is 7.22. The SMILES string of the molecule is CC1CCC(NC(=O)Cc2nc(CCl)cs2)C(C)C1. The van der Waals surface area contributed by atoms with Crippen molar-refractivity contribution >= 4 is 28.8 Å². The molecule has 1 heterocycles. The second-order valence-electron chi connectivity index (χ2n) is 5.61. The van der Waals surface area contributed by atoms with Gasteiger partial charge < -0.3 is 5.32 Å². The van der Waals surface area contributed by atoms with Gasteiger partial charge in [-0.2, -0.15) is 0 Å². The van der Waals surface area contributed by atoms with Gasteiger partial charge in [0.25, 0.3) is 0 Å². The second-order valence-corrected chi connectivity index (χ2v) is 6.82. The molecule has 1 aromatic heterocycles. The molecular weight excluding hydrogens is 280 g/mol. The molecule has 0 radical (unpaired) electrons. The number of hydrogen-bond donors (Lipinski definition) is 1. The molecule has 0 aliphatic heterocycles. The number of alkyl halides is 1. The summed E-state index contributed by atoms with van der Waals surface area (Å²) in [5.41, 5.74) is 0.856. The van der Waals surface area contributed by atoms with Gasteiger partial charge in [-0.15, -0.1) is 22.9 Å². The lowest BCUT2D eigenvalue weighted by Gasteiger charge is -2.33. The first-order chi connectivity index (χ1) is 9.08. The molecule has 3 atom stereocenters. The summed E-state index contributed by atoms with van der Waals surface area (Å²) in [6.45, 7) is 4.52. The van der Waals surface area contributed by atoms with Crippen LogP contribution in [0.15, 0.2) is 5.38 Å². The Hall–Kier alpha value is -0.610. The Balaban J connectivity index is 1.84. The van der Waals surface area contributed by atoms with E-state index in [1.807, 2.05) is 5.38 Å². The van der Waals surface area contributed by atoms with E-state index in [0.29, 0.717) is 24.3 Å². The van der Waals surface area contributed by atoms with Gasteiger partial charge in [0.05, 0.1) is 18.0 Å².